The van der Waals surface area contributed by atoms with Crippen LogP contribution in [0.5, 0.6) is 0 Å². The van der Waals surface area contributed by atoms with Crippen LogP contribution in [0.25, 0.3) is 0 Å². The summed E-state index contributed by atoms with van der Waals surface area (Å²) in [6.07, 6.45) is 3.64. The van der Waals surface area contributed by atoms with Crippen molar-refractivity contribution in [2.75, 3.05) is 39.3 Å². The van der Waals surface area contributed by atoms with Crippen molar-refractivity contribution in [3.05, 3.63) is 64.2 Å². The van der Waals surface area contributed by atoms with Crippen LogP contribution >= 0.6 is 11.6 Å². The maximum Gasteiger partial charge on any atom is 0.255 e. The minimum absolute atomic E-state index is 0.146. The normalized spacial score (nSPS) is 18.8. The highest BCUT2D eigenvalue weighted by molar-refractivity contribution is 7.89. The molecule has 4 rings (SSSR count). The Bertz CT molecular complexity index is 1100. The average Bonchev–Trinajstić information content (AvgIpc) is 3.06. The molecular formula is C25H32ClN3O3S. The molecule has 6 nitrogen and oxygen atoms in total. The Balaban J connectivity index is 1.47. The van der Waals surface area contributed by atoms with E-state index in [-0.39, 0.29) is 16.4 Å². The molecule has 0 saturated carbocycles. The lowest BCUT2D eigenvalue weighted by Gasteiger charge is -2.26. The van der Waals surface area contributed by atoms with Gasteiger partial charge in [0, 0.05) is 45.8 Å². The van der Waals surface area contributed by atoms with Crippen LogP contribution in [0, 0.1) is 6.92 Å². The van der Waals surface area contributed by atoms with Gasteiger partial charge in [-0.15, -0.1) is 0 Å². The summed E-state index contributed by atoms with van der Waals surface area (Å²) in [7, 11) is -3.62. The summed E-state index contributed by atoms with van der Waals surface area (Å²) in [4.78, 5) is 17.7. The van der Waals surface area contributed by atoms with Crippen LogP contribution in [0.3, 0.4) is 0 Å². The van der Waals surface area contributed by atoms with Gasteiger partial charge in [0.05, 0.1) is 15.5 Å². The van der Waals surface area contributed by atoms with Gasteiger partial charge in [-0.3, -0.25) is 9.69 Å². The van der Waals surface area contributed by atoms with E-state index in [4.69, 9.17) is 11.6 Å². The van der Waals surface area contributed by atoms with E-state index in [9.17, 15) is 13.2 Å². The number of halogens is 1. The number of nitrogens with zero attached hydrogens (tertiary/aromatic N) is 3. The Morgan fingerprint density at radius 3 is 2.42 bits per heavy atom. The fourth-order valence-electron chi connectivity index (χ4n) is 4.61. The van der Waals surface area contributed by atoms with Crippen LogP contribution in [0.15, 0.2) is 47.4 Å². The van der Waals surface area contributed by atoms with Gasteiger partial charge in [0.1, 0.15) is 0 Å². The van der Waals surface area contributed by atoms with Gasteiger partial charge < -0.3 is 4.90 Å². The molecule has 2 aliphatic heterocycles. The summed E-state index contributed by atoms with van der Waals surface area (Å²) >= 11 is 6.37. The number of hydrogen-bond donors (Lipinski definition) is 0. The van der Waals surface area contributed by atoms with Crippen LogP contribution in [-0.2, 0) is 16.6 Å². The number of rotatable bonds is 5. The van der Waals surface area contributed by atoms with Crippen LogP contribution in [-0.4, -0.2) is 67.7 Å². The second-order valence-electron chi connectivity index (χ2n) is 8.95. The molecule has 2 saturated heterocycles. The van der Waals surface area contributed by atoms with E-state index >= 15 is 0 Å². The molecule has 0 spiro atoms. The molecule has 0 radical (unpaired) electrons. The summed E-state index contributed by atoms with van der Waals surface area (Å²) in [5.41, 5.74) is 2.84. The molecule has 2 aromatic carbocycles. The van der Waals surface area contributed by atoms with Gasteiger partial charge in [0.25, 0.3) is 5.91 Å². The second-order valence-corrected chi connectivity index (χ2v) is 11.3. The van der Waals surface area contributed by atoms with Gasteiger partial charge in [-0.25, -0.2) is 8.42 Å². The molecule has 0 bridgehead atoms. The monoisotopic (exact) mass is 489 g/mol. The molecule has 0 aromatic heterocycles. The molecule has 2 aliphatic rings. The molecule has 0 aliphatic carbocycles. The van der Waals surface area contributed by atoms with E-state index in [1.54, 1.807) is 4.90 Å². The zero-order chi connectivity index (χ0) is 23.4. The average molecular weight is 490 g/mol. The minimum Gasteiger partial charge on any atom is -0.337 e. The standard InChI is InChI=1S/C25H32ClN3O3S/c1-20-8-3-4-9-21(20)19-27-12-7-13-28(17-16-27)25(30)23-18-22(10-11-24(23)26)33(31,32)29-14-5-2-6-15-29/h3-4,8-11,18H,2,5-7,12-17,19H2,1H3. The second kappa shape index (κ2) is 10.6. The van der Waals surface area contributed by atoms with Gasteiger partial charge in [-0.05, 0) is 55.5 Å². The molecule has 0 unspecified atom stereocenters. The maximum absolute atomic E-state index is 13.4. The largest absolute Gasteiger partial charge is 0.337 e. The molecule has 0 N–H and O–H groups in total. The lowest BCUT2D eigenvalue weighted by Crippen LogP contribution is -2.36. The van der Waals surface area contributed by atoms with E-state index in [1.807, 2.05) is 6.07 Å². The third kappa shape index (κ3) is 5.60. The Labute approximate surface area is 202 Å². The van der Waals surface area contributed by atoms with Crippen LogP contribution < -0.4 is 0 Å². The fourth-order valence-corrected chi connectivity index (χ4v) is 6.36. The van der Waals surface area contributed by atoms with Gasteiger partial charge in [0.15, 0.2) is 0 Å². The molecule has 2 heterocycles. The number of piperidine rings is 1. The first-order valence-electron chi connectivity index (χ1n) is 11.7. The third-order valence-electron chi connectivity index (χ3n) is 6.65. The van der Waals surface area contributed by atoms with Crippen molar-refractivity contribution in [1.82, 2.24) is 14.1 Å². The Hall–Kier alpha value is -1.93. The zero-order valence-corrected chi connectivity index (χ0v) is 20.7. The molecule has 33 heavy (non-hydrogen) atoms. The molecule has 0 atom stereocenters. The third-order valence-corrected chi connectivity index (χ3v) is 8.88. The lowest BCUT2D eigenvalue weighted by molar-refractivity contribution is 0.0761. The van der Waals surface area contributed by atoms with Crippen molar-refractivity contribution in [3.63, 3.8) is 0 Å². The van der Waals surface area contributed by atoms with E-state index in [2.05, 4.69) is 30.0 Å². The number of aryl methyl sites for hydroxylation is 1. The first-order chi connectivity index (χ1) is 15.9. The number of benzene rings is 2. The summed E-state index contributed by atoms with van der Waals surface area (Å²) in [6.45, 7) is 6.93. The van der Waals surface area contributed by atoms with Crippen molar-refractivity contribution >= 4 is 27.5 Å². The molecule has 8 heteroatoms. The van der Waals surface area contributed by atoms with Gasteiger partial charge in [-0.2, -0.15) is 4.31 Å². The first kappa shape index (κ1) is 24.2. The van der Waals surface area contributed by atoms with Gasteiger partial charge in [-0.1, -0.05) is 42.3 Å². The number of carbonyl (C=O) groups is 1. The number of carbonyl (C=O) groups excluding carboxylic acids is 1. The van der Waals surface area contributed by atoms with Crippen LogP contribution in [0.2, 0.25) is 5.02 Å². The molecular weight excluding hydrogens is 458 g/mol. The van der Waals surface area contributed by atoms with E-state index < -0.39 is 10.0 Å². The summed E-state index contributed by atoms with van der Waals surface area (Å²) in [5.74, 6) is -0.201. The highest BCUT2D eigenvalue weighted by Gasteiger charge is 2.29. The Morgan fingerprint density at radius 1 is 0.909 bits per heavy atom. The highest BCUT2D eigenvalue weighted by atomic mass is 35.5. The smallest absolute Gasteiger partial charge is 0.255 e. The molecule has 2 aromatic rings. The summed E-state index contributed by atoms with van der Waals surface area (Å²) < 4.78 is 27.7. The minimum atomic E-state index is -3.62. The Morgan fingerprint density at radius 2 is 1.67 bits per heavy atom. The summed E-state index contributed by atoms with van der Waals surface area (Å²) in [5, 5.41) is 0.290. The van der Waals surface area contributed by atoms with Gasteiger partial charge >= 0.3 is 0 Å². The van der Waals surface area contributed by atoms with Crippen molar-refractivity contribution in [1.29, 1.82) is 0 Å². The predicted octanol–water partition coefficient (Wildman–Crippen LogP) is 4.17. The molecule has 1 amide bonds. The van der Waals surface area contributed by atoms with Gasteiger partial charge in [0.2, 0.25) is 10.0 Å². The fraction of sp³-hybridized carbons (Fsp3) is 0.480. The maximum atomic E-state index is 13.4. The SMILES string of the molecule is Cc1ccccc1CN1CCCN(C(=O)c2cc(S(=O)(=O)N3CCCCC3)ccc2Cl)CC1. The van der Waals surface area contributed by atoms with E-state index in [0.717, 1.165) is 45.3 Å². The first-order valence-corrected chi connectivity index (χ1v) is 13.5. The van der Waals surface area contributed by atoms with Crippen molar-refractivity contribution in [2.45, 2.75) is 44.0 Å². The lowest BCUT2D eigenvalue weighted by atomic mass is 10.1. The van der Waals surface area contributed by atoms with Crippen molar-refractivity contribution in [2.24, 2.45) is 0 Å². The Kier molecular flexibility index (Phi) is 7.74. The highest BCUT2D eigenvalue weighted by Crippen LogP contribution is 2.26. The van der Waals surface area contributed by atoms with Crippen molar-refractivity contribution in [3.8, 4) is 0 Å². The zero-order valence-electron chi connectivity index (χ0n) is 19.2. The topological polar surface area (TPSA) is 60.9 Å². The molecule has 2 fully saturated rings. The van der Waals surface area contributed by atoms with E-state index in [1.165, 1.54) is 33.6 Å². The number of amides is 1. The van der Waals surface area contributed by atoms with Crippen molar-refractivity contribution < 1.29 is 13.2 Å². The van der Waals surface area contributed by atoms with E-state index in [0.29, 0.717) is 31.2 Å². The quantitative estimate of drug-likeness (QED) is 0.632. The predicted molar refractivity (Wildman–Crippen MR) is 131 cm³/mol. The van der Waals surface area contributed by atoms with Crippen LogP contribution in [0.1, 0.15) is 47.2 Å². The number of hydrogen-bond acceptors (Lipinski definition) is 4. The molecule has 178 valence electrons. The van der Waals surface area contributed by atoms with Crippen LogP contribution in [0.4, 0.5) is 0 Å². The number of sulfonamides is 1. The summed E-state index contributed by atoms with van der Waals surface area (Å²) in [6, 6.07) is 12.9.